The van der Waals surface area contributed by atoms with Gasteiger partial charge in [0, 0.05) is 5.71 Å². The lowest BCUT2D eigenvalue weighted by atomic mass is 10.2. The maximum atomic E-state index is 5.61. The summed E-state index contributed by atoms with van der Waals surface area (Å²) >= 11 is 0. The van der Waals surface area contributed by atoms with Crippen LogP contribution in [0.2, 0.25) is 0 Å². The maximum Gasteiger partial charge on any atom is 0.119 e. The highest BCUT2D eigenvalue weighted by Crippen LogP contribution is 2.19. The van der Waals surface area contributed by atoms with Crippen molar-refractivity contribution in [3.8, 4) is 5.75 Å². The van der Waals surface area contributed by atoms with Gasteiger partial charge in [0.25, 0.3) is 0 Å². The van der Waals surface area contributed by atoms with Crippen molar-refractivity contribution in [1.82, 2.24) is 0 Å². The first kappa shape index (κ1) is 12.8. The van der Waals surface area contributed by atoms with E-state index in [0.29, 0.717) is 5.92 Å². The van der Waals surface area contributed by atoms with Crippen molar-refractivity contribution < 1.29 is 4.74 Å². The topological polar surface area (TPSA) is 21.6 Å². The van der Waals surface area contributed by atoms with Crippen molar-refractivity contribution in [2.24, 2.45) is 10.9 Å². The normalized spacial score (nSPS) is 11.9. The Morgan fingerprint density at radius 3 is 2.38 bits per heavy atom. The lowest BCUT2D eigenvalue weighted by Gasteiger charge is -2.08. The highest BCUT2D eigenvalue weighted by Gasteiger charge is 1.97. The zero-order valence-electron chi connectivity index (χ0n) is 10.7. The molecule has 0 N–H and O–H groups in total. The molecule has 0 radical (unpaired) electrons. The molecule has 0 aromatic heterocycles. The van der Waals surface area contributed by atoms with E-state index in [4.69, 9.17) is 4.74 Å². The van der Waals surface area contributed by atoms with E-state index in [2.05, 4.69) is 25.8 Å². The Balaban J connectivity index is 2.61. The molecular weight excluding hydrogens is 198 g/mol. The van der Waals surface area contributed by atoms with Crippen LogP contribution in [0, 0.1) is 5.92 Å². The summed E-state index contributed by atoms with van der Waals surface area (Å²) in [7, 11) is 0. The van der Waals surface area contributed by atoms with Gasteiger partial charge in [-0.15, -0.1) is 0 Å². The zero-order chi connectivity index (χ0) is 12.0. The molecule has 0 saturated carbocycles. The van der Waals surface area contributed by atoms with Crippen LogP contribution in [-0.4, -0.2) is 12.3 Å². The van der Waals surface area contributed by atoms with Gasteiger partial charge in [0.1, 0.15) is 5.75 Å². The van der Waals surface area contributed by atoms with E-state index >= 15 is 0 Å². The molecule has 0 aliphatic heterocycles. The van der Waals surface area contributed by atoms with E-state index < -0.39 is 0 Å². The fraction of sp³-hybridized carbons (Fsp3) is 0.500. The van der Waals surface area contributed by atoms with Crippen LogP contribution in [0.1, 0.15) is 34.1 Å². The van der Waals surface area contributed by atoms with Crippen molar-refractivity contribution in [1.29, 1.82) is 0 Å². The van der Waals surface area contributed by atoms with Crippen molar-refractivity contribution in [3.05, 3.63) is 24.3 Å². The smallest absolute Gasteiger partial charge is 0.119 e. The first-order valence-electron chi connectivity index (χ1n) is 5.88. The fourth-order valence-corrected chi connectivity index (χ4v) is 1.18. The van der Waals surface area contributed by atoms with Crippen LogP contribution < -0.4 is 4.74 Å². The number of benzene rings is 1. The van der Waals surface area contributed by atoms with Crippen LogP contribution in [0.3, 0.4) is 0 Å². The van der Waals surface area contributed by atoms with Crippen LogP contribution in [0.25, 0.3) is 0 Å². The van der Waals surface area contributed by atoms with Crippen molar-refractivity contribution in [3.63, 3.8) is 0 Å². The van der Waals surface area contributed by atoms with Gasteiger partial charge in [0.05, 0.1) is 12.3 Å². The molecule has 0 amide bonds. The summed E-state index contributed by atoms with van der Waals surface area (Å²) in [4.78, 5) is 4.47. The van der Waals surface area contributed by atoms with Crippen LogP contribution in [0.5, 0.6) is 5.75 Å². The minimum absolute atomic E-state index is 0.556. The molecule has 1 aromatic carbocycles. The summed E-state index contributed by atoms with van der Waals surface area (Å²) in [6, 6.07) is 7.94. The van der Waals surface area contributed by atoms with E-state index in [1.54, 1.807) is 0 Å². The van der Waals surface area contributed by atoms with Gasteiger partial charge in [-0.1, -0.05) is 20.8 Å². The largest absolute Gasteiger partial charge is 0.493 e. The predicted molar refractivity (Wildman–Crippen MR) is 69.8 cm³/mol. The second-order valence-corrected chi connectivity index (χ2v) is 4.40. The van der Waals surface area contributed by atoms with Gasteiger partial charge in [0.2, 0.25) is 0 Å². The SMILES string of the molecule is CCC(C)=Nc1ccc(OCC(C)C)cc1. The summed E-state index contributed by atoms with van der Waals surface area (Å²) in [5.74, 6) is 1.47. The Morgan fingerprint density at radius 1 is 1.25 bits per heavy atom. The van der Waals surface area contributed by atoms with Crippen molar-refractivity contribution >= 4 is 11.4 Å². The molecule has 0 aliphatic rings. The fourth-order valence-electron chi connectivity index (χ4n) is 1.18. The van der Waals surface area contributed by atoms with E-state index in [-0.39, 0.29) is 0 Å². The second kappa shape index (κ2) is 6.31. The van der Waals surface area contributed by atoms with E-state index in [0.717, 1.165) is 30.2 Å². The highest BCUT2D eigenvalue weighted by molar-refractivity contribution is 5.84. The third-order valence-corrected chi connectivity index (χ3v) is 2.25. The molecule has 0 atom stereocenters. The highest BCUT2D eigenvalue weighted by atomic mass is 16.5. The minimum atomic E-state index is 0.556. The van der Waals surface area contributed by atoms with Gasteiger partial charge in [0.15, 0.2) is 0 Å². The predicted octanol–water partition coefficient (Wildman–Crippen LogP) is 4.22. The average Bonchev–Trinajstić information content (AvgIpc) is 2.28. The average molecular weight is 219 g/mol. The lowest BCUT2D eigenvalue weighted by Crippen LogP contribution is -2.04. The third kappa shape index (κ3) is 4.47. The van der Waals surface area contributed by atoms with Crippen LogP contribution in [-0.2, 0) is 0 Å². The van der Waals surface area contributed by atoms with E-state index in [1.165, 1.54) is 0 Å². The summed E-state index contributed by atoms with van der Waals surface area (Å²) in [5, 5.41) is 0. The molecule has 0 aliphatic carbocycles. The number of nitrogens with zero attached hydrogens (tertiary/aromatic N) is 1. The molecule has 0 fully saturated rings. The lowest BCUT2D eigenvalue weighted by molar-refractivity contribution is 0.271. The van der Waals surface area contributed by atoms with Crippen molar-refractivity contribution in [2.45, 2.75) is 34.1 Å². The summed E-state index contributed by atoms with van der Waals surface area (Å²) < 4.78 is 5.61. The van der Waals surface area contributed by atoms with Gasteiger partial charge >= 0.3 is 0 Å². The van der Waals surface area contributed by atoms with Gasteiger partial charge in [-0.05, 0) is 43.5 Å². The second-order valence-electron chi connectivity index (χ2n) is 4.40. The van der Waals surface area contributed by atoms with Crippen LogP contribution in [0.15, 0.2) is 29.3 Å². The molecule has 0 bridgehead atoms. The number of rotatable bonds is 5. The Bertz CT molecular complexity index is 338. The van der Waals surface area contributed by atoms with Crippen molar-refractivity contribution in [2.75, 3.05) is 6.61 Å². The molecule has 2 nitrogen and oxygen atoms in total. The molecule has 0 heterocycles. The molecule has 0 saturated heterocycles. The molecule has 1 rings (SSSR count). The quantitative estimate of drug-likeness (QED) is 0.679. The van der Waals surface area contributed by atoms with Gasteiger partial charge in [-0.3, -0.25) is 4.99 Å². The standard InChI is InChI=1S/C14H21NO/c1-5-12(4)15-13-6-8-14(9-7-13)16-10-11(2)3/h6-9,11H,5,10H2,1-4H3. The monoisotopic (exact) mass is 219 g/mol. The number of aliphatic imine (C=N–C) groups is 1. The summed E-state index contributed by atoms with van der Waals surface area (Å²) in [6.45, 7) is 9.20. The zero-order valence-corrected chi connectivity index (χ0v) is 10.7. The number of hydrogen-bond acceptors (Lipinski definition) is 2. The molecule has 88 valence electrons. The van der Waals surface area contributed by atoms with E-state index in [1.807, 2.05) is 31.2 Å². The van der Waals surface area contributed by atoms with Gasteiger partial charge < -0.3 is 4.74 Å². The molecule has 0 unspecified atom stereocenters. The van der Waals surface area contributed by atoms with E-state index in [9.17, 15) is 0 Å². The molecular formula is C14H21NO. The molecule has 1 aromatic rings. The molecule has 0 spiro atoms. The maximum absolute atomic E-state index is 5.61. The molecule has 2 heteroatoms. The Morgan fingerprint density at radius 2 is 1.88 bits per heavy atom. The third-order valence-electron chi connectivity index (χ3n) is 2.25. The van der Waals surface area contributed by atoms with Crippen LogP contribution in [0.4, 0.5) is 5.69 Å². The first-order valence-corrected chi connectivity index (χ1v) is 5.88. The first-order chi connectivity index (χ1) is 7.61. The van der Waals surface area contributed by atoms with Gasteiger partial charge in [-0.25, -0.2) is 0 Å². The Kier molecular flexibility index (Phi) is 5.03. The number of hydrogen-bond donors (Lipinski definition) is 0. The Labute approximate surface area is 98.4 Å². The van der Waals surface area contributed by atoms with Gasteiger partial charge in [-0.2, -0.15) is 0 Å². The minimum Gasteiger partial charge on any atom is -0.493 e. The molecule has 16 heavy (non-hydrogen) atoms. The summed E-state index contributed by atoms with van der Waals surface area (Å²) in [6.07, 6.45) is 0.992. The summed E-state index contributed by atoms with van der Waals surface area (Å²) in [5.41, 5.74) is 2.15. The number of ether oxygens (including phenoxy) is 1. The van der Waals surface area contributed by atoms with Crippen LogP contribution >= 0.6 is 0 Å². The Hall–Kier alpha value is -1.31.